The van der Waals surface area contributed by atoms with Crippen molar-refractivity contribution in [2.24, 2.45) is 17.8 Å². The number of nitrogens with zero attached hydrogens (tertiary/aromatic N) is 1. The summed E-state index contributed by atoms with van der Waals surface area (Å²) in [5, 5.41) is 0. The lowest BCUT2D eigenvalue weighted by atomic mass is 9.71. The van der Waals surface area contributed by atoms with E-state index in [9.17, 15) is 0 Å². The Morgan fingerprint density at radius 2 is 1.77 bits per heavy atom. The molecule has 2 fully saturated rings. The minimum atomic E-state index is 0.999. The Morgan fingerprint density at radius 1 is 1.00 bits per heavy atom. The first-order chi connectivity index (χ1) is 6.07. The zero-order valence-corrected chi connectivity index (χ0v) is 9.42. The normalized spacial score (nSPS) is 44.1. The standard InChI is InChI=1S/C12H24N/c1-10-4-5-11-6-7-13(2,3)9-12(11)8-10/h10-12H,4-9H2,1-3H3/q+1/t10-,11+,12+/m0/s1. The lowest BCUT2D eigenvalue weighted by Gasteiger charge is -2.45. The predicted molar refractivity (Wildman–Crippen MR) is 56.5 cm³/mol. The average molecular weight is 182 g/mol. The fourth-order valence-corrected chi connectivity index (χ4v) is 3.41. The van der Waals surface area contributed by atoms with Gasteiger partial charge in [0.05, 0.1) is 27.2 Å². The molecule has 0 aromatic heterocycles. The van der Waals surface area contributed by atoms with Crippen molar-refractivity contribution < 1.29 is 4.48 Å². The molecule has 1 aliphatic carbocycles. The van der Waals surface area contributed by atoms with Crippen molar-refractivity contribution in [2.75, 3.05) is 27.2 Å². The fourth-order valence-electron chi connectivity index (χ4n) is 3.41. The van der Waals surface area contributed by atoms with Gasteiger partial charge in [0.15, 0.2) is 0 Å². The Labute approximate surface area is 82.7 Å². The van der Waals surface area contributed by atoms with Gasteiger partial charge in [-0.3, -0.25) is 0 Å². The highest BCUT2D eigenvalue weighted by atomic mass is 15.3. The van der Waals surface area contributed by atoms with Crippen LogP contribution in [0.1, 0.15) is 32.6 Å². The lowest BCUT2D eigenvalue weighted by Crippen LogP contribution is -2.51. The second-order valence-electron chi connectivity index (χ2n) is 6.07. The van der Waals surface area contributed by atoms with E-state index in [-0.39, 0.29) is 0 Å². The van der Waals surface area contributed by atoms with Gasteiger partial charge in [0.25, 0.3) is 0 Å². The van der Waals surface area contributed by atoms with E-state index in [0.717, 1.165) is 17.8 Å². The van der Waals surface area contributed by atoms with Crippen molar-refractivity contribution >= 4 is 0 Å². The fraction of sp³-hybridized carbons (Fsp3) is 1.00. The summed E-state index contributed by atoms with van der Waals surface area (Å²) in [4.78, 5) is 0. The number of hydrogen-bond acceptors (Lipinski definition) is 0. The number of piperidine rings is 1. The van der Waals surface area contributed by atoms with Crippen LogP contribution in [-0.2, 0) is 0 Å². The topological polar surface area (TPSA) is 0 Å². The van der Waals surface area contributed by atoms with E-state index in [1.165, 1.54) is 43.3 Å². The molecule has 2 aliphatic rings. The SMILES string of the molecule is C[C@H]1CC[C@@H]2CC[N+](C)(C)C[C@H]2C1. The van der Waals surface area contributed by atoms with Crippen LogP contribution in [-0.4, -0.2) is 31.7 Å². The van der Waals surface area contributed by atoms with Gasteiger partial charge < -0.3 is 4.48 Å². The molecule has 0 N–H and O–H groups in total. The summed E-state index contributed by atoms with van der Waals surface area (Å²) in [5.74, 6) is 3.13. The van der Waals surface area contributed by atoms with Crippen LogP contribution in [0.25, 0.3) is 0 Å². The van der Waals surface area contributed by atoms with Crippen molar-refractivity contribution in [3.63, 3.8) is 0 Å². The van der Waals surface area contributed by atoms with Gasteiger partial charge in [-0.25, -0.2) is 0 Å². The van der Waals surface area contributed by atoms with Crippen molar-refractivity contribution in [1.29, 1.82) is 0 Å². The van der Waals surface area contributed by atoms with E-state index < -0.39 is 0 Å². The lowest BCUT2D eigenvalue weighted by molar-refractivity contribution is -0.900. The maximum atomic E-state index is 2.44. The molecule has 1 saturated carbocycles. The monoisotopic (exact) mass is 182 g/mol. The van der Waals surface area contributed by atoms with Gasteiger partial charge in [-0.1, -0.05) is 13.3 Å². The maximum absolute atomic E-state index is 2.44. The van der Waals surface area contributed by atoms with E-state index >= 15 is 0 Å². The molecule has 0 amide bonds. The molecule has 13 heavy (non-hydrogen) atoms. The van der Waals surface area contributed by atoms with Gasteiger partial charge in [0, 0.05) is 5.92 Å². The first kappa shape index (κ1) is 9.51. The molecule has 76 valence electrons. The van der Waals surface area contributed by atoms with Crippen LogP contribution in [0.15, 0.2) is 0 Å². The van der Waals surface area contributed by atoms with E-state index in [4.69, 9.17) is 0 Å². The first-order valence-electron chi connectivity index (χ1n) is 5.89. The quantitative estimate of drug-likeness (QED) is 0.505. The minimum Gasteiger partial charge on any atom is -0.328 e. The van der Waals surface area contributed by atoms with Crippen LogP contribution in [0.5, 0.6) is 0 Å². The first-order valence-corrected chi connectivity index (χ1v) is 5.89. The molecule has 0 spiro atoms. The summed E-state index contributed by atoms with van der Waals surface area (Å²) in [6, 6.07) is 0. The molecule has 1 heterocycles. The highest BCUT2D eigenvalue weighted by Crippen LogP contribution is 2.39. The molecule has 0 aromatic carbocycles. The Hall–Kier alpha value is -0.0400. The van der Waals surface area contributed by atoms with Crippen LogP contribution in [0, 0.1) is 17.8 Å². The molecule has 1 saturated heterocycles. The summed E-state index contributed by atoms with van der Waals surface area (Å²) >= 11 is 0. The Morgan fingerprint density at radius 3 is 2.54 bits per heavy atom. The summed E-state index contributed by atoms with van der Waals surface area (Å²) in [7, 11) is 4.80. The molecule has 0 aromatic rings. The second kappa shape index (κ2) is 3.27. The molecule has 1 nitrogen and oxygen atoms in total. The predicted octanol–water partition coefficient (Wildman–Crippen LogP) is 2.52. The molecular formula is C12H24N+. The third-order valence-electron chi connectivity index (χ3n) is 4.24. The zero-order valence-electron chi connectivity index (χ0n) is 9.42. The molecule has 2 rings (SSSR count). The molecule has 0 unspecified atom stereocenters. The molecule has 0 bridgehead atoms. The van der Waals surface area contributed by atoms with Gasteiger partial charge in [0.1, 0.15) is 0 Å². The average Bonchev–Trinajstić information content (AvgIpc) is 2.01. The Balaban J connectivity index is 2.00. The summed E-state index contributed by atoms with van der Waals surface area (Å²) in [5.41, 5.74) is 0. The van der Waals surface area contributed by atoms with Gasteiger partial charge in [-0.15, -0.1) is 0 Å². The Bertz CT molecular complexity index is 186. The number of rotatable bonds is 0. The van der Waals surface area contributed by atoms with E-state index in [2.05, 4.69) is 21.0 Å². The molecular weight excluding hydrogens is 158 g/mol. The van der Waals surface area contributed by atoms with Crippen LogP contribution in [0.2, 0.25) is 0 Å². The van der Waals surface area contributed by atoms with Gasteiger partial charge in [0.2, 0.25) is 0 Å². The summed E-state index contributed by atoms with van der Waals surface area (Å²) in [6.07, 6.45) is 6.01. The zero-order chi connectivity index (χ0) is 9.47. The third-order valence-corrected chi connectivity index (χ3v) is 4.24. The van der Waals surface area contributed by atoms with Crippen LogP contribution < -0.4 is 0 Å². The third kappa shape index (κ3) is 2.07. The minimum absolute atomic E-state index is 0.999. The van der Waals surface area contributed by atoms with Crippen LogP contribution in [0.4, 0.5) is 0 Å². The second-order valence-corrected chi connectivity index (χ2v) is 6.07. The molecule has 3 atom stereocenters. The molecule has 1 heteroatoms. The highest BCUT2D eigenvalue weighted by molar-refractivity contribution is 4.80. The van der Waals surface area contributed by atoms with E-state index in [1.54, 1.807) is 0 Å². The van der Waals surface area contributed by atoms with Crippen molar-refractivity contribution in [3.8, 4) is 0 Å². The molecule has 0 radical (unpaired) electrons. The molecule has 1 aliphatic heterocycles. The van der Waals surface area contributed by atoms with Gasteiger partial charge >= 0.3 is 0 Å². The van der Waals surface area contributed by atoms with Gasteiger partial charge in [-0.2, -0.15) is 0 Å². The number of hydrogen-bond donors (Lipinski definition) is 0. The smallest absolute Gasteiger partial charge is 0.0813 e. The van der Waals surface area contributed by atoms with E-state index in [1.807, 2.05) is 0 Å². The highest BCUT2D eigenvalue weighted by Gasteiger charge is 2.37. The maximum Gasteiger partial charge on any atom is 0.0813 e. The van der Waals surface area contributed by atoms with Gasteiger partial charge in [-0.05, 0) is 31.1 Å². The number of quaternary nitrogens is 1. The van der Waals surface area contributed by atoms with Crippen molar-refractivity contribution in [3.05, 3.63) is 0 Å². The van der Waals surface area contributed by atoms with Crippen molar-refractivity contribution in [1.82, 2.24) is 0 Å². The van der Waals surface area contributed by atoms with Crippen LogP contribution in [0.3, 0.4) is 0 Å². The van der Waals surface area contributed by atoms with Crippen molar-refractivity contribution in [2.45, 2.75) is 32.6 Å². The Kier molecular flexibility index (Phi) is 2.39. The largest absolute Gasteiger partial charge is 0.328 e. The number of fused-ring (bicyclic) bond motifs is 1. The van der Waals surface area contributed by atoms with Crippen LogP contribution >= 0.6 is 0 Å². The summed E-state index contributed by atoms with van der Waals surface area (Å²) in [6.45, 7) is 5.29. The van der Waals surface area contributed by atoms with E-state index in [0.29, 0.717) is 0 Å². The summed E-state index contributed by atoms with van der Waals surface area (Å²) < 4.78 is 1.27. The number of likely N-dealkylation sites (tertiary alicyclic amines) is 1.